The van der Waals surface area contributed by atoms with Gasteiger partial charge in [0, 0.05) is 0 Å². The largest absolute Gasteiger partial charge is 0.453 e. The fourth-order valence-corrected chi connectivity index (χ4v) is 2.75. The van der Waals surface area contributed by atoms with E-state index in [1.54, 1.807) is 0 Å². The minimum Gasteiger partial charge on any atom is -0.329 e. The van der Waals surface area contributed by atoms with Crippen LogP contribution in [0.25, 0.3) is 0 Å². The number of hydrogen-bond donors (Lipinski definition) is 0. The summed E-state index contributed by atoms with van der Waals surface area (Å²) in [6.07, 6.45) is -8.16. The fraction of sp³-hybridized carbons (Fsp3) is 1.00. The standard InChI is InChI=1S/C15H24F6O2/c1-3-5-6-7-8-9-10-12-11(4-2)22-13(23-12,14(16,17)18)15(19,20)21/h11-12H,3-10H2,1-2H3. The maximum atomic E-state index is 13.0. The summed E-state index contributed by atoms with van der Waals surface area (Å²) in [6, 6.07) is 0. The molecule has 0 aromatic carbocycles. The van der Waals surface area contributed by atoms with Crippen molar-refractivity contribution in [3.63, 3.8) is 0 Å². The predicted octanol–water partition coefficient (Wildman–Crippen LogP) is 5.75. The Morgan fingerprint density at radius 3 is 1.70 bits per heavy atom. The quantitative estimate of drug-likeness (QED) is 0.410. The van der Waals surface area contributed by atoms with Gasteiger partial charge in [-0.05, 0) is 12.8 Å². The van der Waals surface area contributed by atoms with Crippen LogP contribution in [0.4, 0.5) is 26.3 Å². The third-order valence-corrected chi connectivity index (χ3v) is 4.04. The van der Waals surface area contributed by atoms with E-state index in [9.17, 15) is 26.3 Å². The Hall–Kier alpha value is -0.500. The zero-order valence-corrected chi connectivity index (χ0v) is 13.4. The van der Waals surface area contributed by atoms with E-state index in [-0.39, 0.29) is 12.8 Å². The molecule has 138 valence electrons. The number of unbranched alkanes of at least 4 members (excludes halogenated alkanes) is 5. The van der Waals surface area contributed by atoms with Crippen LogP contribution in [-0.4, -0.2) is 30.3 Å². The van der Waals surface area contributed by atoms with Crippen molar-refractivity contribution in [2.75, 3.05) is 0 Å². The van der Waals surface area contributed by atoms with Crippen molar-refractivity contribution in [3.05, 3.63) is 0 Å². The van der Waals surface area contributed by atoms with Gasteiger partial charge in [-0.2, -0.15) is 26.3 Å². The topological polar surface area (TPSA) is 18.5 Å². The second-order valence-corrected chi connectivity index (χ2v) is 5.89. The molecule has 2 atom stereocenters. The number of alkyl halides is 6. The Morgan fingerprint density at radius 2 is 1.22 bits per heavy atom. The van der Waals surface area contributed by atoms with Crippen LogP contribution in [0.15, 0.2) is 0 Å². The van der Waals surface area contributed by atoms with Crippen molar-refractivity contribution in [2.45, 2.75) is 95.6 Å². The van der Waals surface area contributed by atoms with Crippen molar-refractivity contribution < 1.29 is 35.8 Å². The molecule has 2 unspecified atom stereocenters. The summed E-state index contributed by atoms with van der Waals surface area (Å²) < 4.78 is 86.5. The van der Waals surface area contributed by atoms with Crippen molar-refractivity contribution in [3.8, 4) is 0 Å². The average molecular weight is 350 g/mol. The maximum Gasteiger partial charge on any atom is 0.453 e. The lowest BCUT2D eigenvalue weighted by Crippen LogP contribution is -2.58. The zero-order valence-electron chi connectivity index (χ0n) is 13.4. The lowest BCUT2D eigenvalue weighted by Gasteiger charge is -2.31. The fourth-order valence-electron chi connectivity index (χ4n) is 2.75. The first kappa shape index (κ1) is 20.5. The summed E-state index contributed by atoms with van der Waals surface area (Å²) in [7, 11) is 0. The highest BCUT2D eigenvalue weighted by atomic mass is 19.4. The van der Waals surface area contributed by atoms with E-state index in [1.807, 2.05) is 0 Å². The summed E-state index contributed by atoms with van der Waals surface area (Å²) in [5.41, 5.74) is 0. The molecule has 23 heavy (non-hydrogen) atoms. The van der Waals surface area contributed by atoms with Gasteiger partial charge in [-0.1, -0.05) is 52.4 Å². The van der Waals surface area contributed by atoms with E-state index in [1.165, 1.54) is 6.92 Å². The molecule has 0 N–H and O–H groups in total. The van der Waals surface area contributed by atoms with Crippen LogP contribution in [0.3, 0.4) is 0 Å². The Kier molecular flexibility index (Phi) is 7.19. The number of hydrogen-bond acceptors (Lipinski definition) is 2. The second-order valence-electron chi connectivity index (χ2n) is 5.89. The monoisotopic (exact) mass is 350 g/mol. The summed E-state index contributed by atoms with van der Waals surface area (Å²) in [4.78, 5) is 0. The molecule has 0 aromatic rings. The molecule has 0 bridgehead atoms. The predicted molar refractivity (Wildman–Crippen MR) is 72.9 cm³/mol. The lowest BCUT2D eigenvalue weighted by atomic mass is 10.0. The molecule has 0 saturated carbocycles. The Bertz CT molecular complexity index is 339. The molecule has 0 spiro atoms. The smallest absolute Gasteiger partial charge is 0.329 e. The molecule has 1 aliphatic rings. The van der Waals surface area contributed by atoms with E-state index in [4.69, 9.17) is 0 Å². The van der Waals surface area contributed by atoms with Gasteiger partial charge in [0.2, 0.25) is 0 Å². The molecule has 1 rings (SSSR count). The van der Waals surface area contributed by atoms with Gasteiger partial charge in [0.1, 0.15) is 0 Å². The van der Waals surface area contributed by atoms with E-state index >= 15 is 0 Å². The van der Waals surface area contributed by atoms with Gasteiger partial charge in [-0.25, -0.2) is 0 Å². The van der Waals surface area contributed by atoms with Gasteiger partial charge in [0.25, 0.3) is 0 Å². The van der Waals surface area contributed by atoms with Gasteiger partial charge in [0.15, 0.2) is 0 Å². The minimum absolute atomic E-state index is 0.0361. The molecule has 8 heteroatoms. The highest BCUT2D eigenvalue weighted by molar-refractivity contribution is 4.95. The van der Waals surface area contributed by atoms with E-state index < -0.39 is 30.3 Å². The van der Waals surface area contributed by atoms with Crippen LogP contribution >= 0.6 is 0 Å². The summed E-state index contributed by atoms with van der Waals surface area (Å²) in [5.74, 6) is -4.49. The summed E-state index contributed by atoms with van der Waals surface area (Å²) in [5, 5.41) is 0. The minimum atomic E-state index is -5.66. The molecule has 1 aliphatic heterocycles. The van der Waals surface area contributed by atoms with Crippen molar-refractivity contribution in [2.24, 2.45) is 0 Å². The van der Waals surface area contributed by atoms with E-state index in [0.29, 0.717) is 6.42 Å². The van der Waals surface area contributed by atoms with E-state index in [2.05, 4.69) is 16.4 Å². The van der Waals surface area contributed by atoms with Gasteiger partial charge < -0.3 is 9.47 Å². The molecule has 0 amide bonds. The first-order chi connectivity index (χ1) is 10.6. The van der Waals surface area contributed by atoms with Gasteiger partial charge in [-0.15, -0.1) is 0 Å². The highest BCUT2D eigenvalue weighted by Gasteiger charge is 2.78. The maximum absolute atomic E-state index is 13.0. The molecular weight excluding hydrogens is 326 g/mol. The molecule has 1 fully saturated rings. The number of ether oxygens (including phenoxy) is 2. The van der Waals surface area contributed by atoms with Crippen molar-refractivity contribution >= 4 is 0 Å². The molecule has 0 aliphatic carbocycles. The van der Waals surface area contributed by atoms with Crippen LogP contribution in [0.5, 0.6) is 0 Å². The Labute approximate surface area is 132 Å². The molecular formula is C15H24F6O2. The third-order valence-electron chi connectivity index (χ3n) is 4.04. The third kappa shape index (κ3) is 4.75. The Balaban J connectivity index is 2.68. The molecule has 2 nitrogen and oxygen atoms in total. The van der Waals surface area contributed by atoms with Crippen LogP contribution in [-0.2, 0) is 9.47 Å². The number of halogens is 6. The van der Waals surface area contributed by atoms with Gasteiger partial charge in [-0.3, -0.25) is 0 Å². The SMILES string of the molecule is CCCCCCCCC1OC(C(F)(F)F)(C(F)(F)F)OC1CC. The van der Waals surface area contributed by atoms with Crippen LogP contribution in [0, 0.1) is 0 Å². The summed E-state index contributed by atoms with van der Waals surface area (Å²) in [6.45, 7) is 3.55. The average Bonchev–Trinajstić information content (AvgIpc) is 2.82. The van der Waals surface area contributed by atoms with Crippen molar-refractivity contribution in [1.82, 2.24) is 0 Å². The van der Waals surface area contributed by atoms with E-state index in [0.717, 1.165) is 32.1 Å². The Morgan fingerprint density at radius 1 is 0.739 bits per heavy atom. The van der Waals surface area contributed by atoms with Crippen molar-refractivity contribution in [1.29, 1.82) is 0 Å². The first-order valence-corrected chi connectivity index (χ1v) is 8.08. The molecule has 0 aromatic heterocycles. The molecule has 0 radical (unpaired) electrons. The lowest BCUT2D eigenvalue weighted by molar-refractivity contribution is -0.446. The van der Waals surface area contributed by atoms with Crippen LogP contribution in [0.2, 0.25) is 0 Å². The molecule has 1 heterocycles. The number of rotatable bonds is 8. The van der Waals surface area contributed by atoms with Crippen LogP contribution < -0.4 is 0 Å². The first-order valence-electron chi connectivity index (χ1n) is 8.08. The van der Waals surface area contributed by atoms with Gasteiger partial charge in [0.05, 0.1) is 12.2 Å². The van der Waals surface area contributed by atoms with Crippen LogP contribution in [0.1, 0.15) is 65.2 Å². The highest BCUT2D eigenvalue weighted by Crippen LogP contribution is 2.52. The zero-order chi connectivity index (χ0) is 17.7. The second kappa shape index (κ2) is 8.05. The molecule has 1 saturated heterocycles. The van der Waals surface area contributed by atoms with Gasteiger partial charge >= 0.3 is 18.1 Å². The summed E-state index contributed by atoms with van der Waals surface area (Å²) >= 11 is 0. The normalized spacial score (nSPS) is 25.0.